The van der Waals surface area contributed by atoms with Crippen molar-refractivity contribution in [2.24, 2.45) is 0 Å². The highest BCUT2D eigenvalue weighted by Crippen LogP contribution is 2.36. The highest BCUT2D eigenvalue weighted by Gasteiger charge is 2.30. The molecule has 1 aromatic carbocycles. The number of halogens is 3. The zero-order valence-corrected chi connectivity index (χ0v) is 16.5. The summed E-state index contributed by atoms with van der Waals surface area (Å²) in [7, 11) is 0. The molecule has 0 atom stereocenters. The minimum Gasteiger partial charge on any atom is -0.378 e. The fourth-order valence-electron chi connectivity index (χ4n) is 2.14. The largest absolute Gasteiger partial charge is 0.378 e. The van der Waals surface area contributed by atoms with Crippen molar-refractivity contribution in [3.8, 4) is 0 Å². The predicted molar refractivity (Wildman–Crippen MR) is 102 cm³/mol. The first-order chi connectivity index (χ1) is 11.5. The number of nitrogens with zero attached hydrogens (tertiary/aromatic N) is 2. The van der Waals surface area contributed by atoms with E-state index in [1.165, 1.54) is 11.8 Å². The van der Waals surface area contributed by atoms with E-state index in [1.807, 2.05) is 35.2 Å². The standard InChI is InChI=1S/C15H15BrCl2N2O3S/c16-14(18)12(17)13(20(21)22)15(19-6-8-23-9-7-19)24-10-11-4-2-1-3-5-11/h1-5H,6-10H2. The molecule has 5 nitrogen and oxygen atoms in total. The van der Waals surface area contributed by atoms with E-state index < -0.39 is 4.92 Å². The van der Waals surface area contributed by atoms with Gasteiger partial charge in [0.15, 0.2) is 5.03 Å². The molecule has 2 rings (SSSR count). The van der Waals surface area contributed by atoms with E-state index in [-0.39, 0.29) is 14.7 Å². The third-order valence-electron chi connectivity index (χ3n) is 3.28. The summed E-state index contributed by atoms with van der Waals surface area (Å²) in [6, 6.07) is 9.75. The van der Waals surface area contributed by atoms with Crippen LogP contribution in [-0.4, -0.2) is 36.1 Å². The average Bonchev–Trinajstić information content (AvgIpc) is 2.59. The Bertz CT molecular complexity index is 645. The minimum absolute atomic E-state index is 0.0157. The Morgan fingerprint density at radius 2 is 1.92 bits per heavy atom. The Hall–Kier alpha value is -0.730. The van der Waals surface area contributed by atoms with Gasteiger partial charge in [-0.15, -0.1) is 0 Å². The predicted octanol–water partition coefficient (Wildman–Crippen LogP) is 4.74. The maximum atomic E-state index is 11.6. The van der Waals surface area contributed by atoms with Crippen LogP contribution in [0.3, 0.4) is 0 Å². The van der Waals surface area contributed by atoms with Crippen LogP contribution in [0.2, 0.25) is 0 Å². The Kier molecular flexibility index (Phi) is 7.90. The number of ether oxygens (including phenoxy) is 1. The topological polar surface area (TPSA) is 55.6 Å². The normalized spacial score (nSPS) is 17.2. The molecule has 1 aliphatic heterocycles. The molecular formula is C15H15BrCl2N2O3S. The van der Waals surface area contributed by atoms with Crippen LogP contribution >= 0.6 is 50.9 Å². The molecule has 0 radical (unpaired) electrons. The second-order valence-electron chi connectivity index (χ2n) is 4.86. The molecule has 0 spiro atoms. The number of nitro groups is 1. The van der Waals surface area contributed by atoms with Crippen molar-refractivity contribution < 1.29 is 9.66 Å². The van der Waals surface area contributed by atoms with Crippen molar-refractivity contribution in [1.82, 2.24) is 4.90 Å². The molecule has 0 aliphatic carbocycles. The molecule has 0 bridgehead atoms. The van der Waals surface area contributed by atoms with Gasteiger partial charge in [0, 0.05) is 18.8 Å². The number of thioether (sulfide) groups is 1. The fourth-order valence-corrected chi connectivity index (χ4v) is 3.81. The Morgan fingerprint density at radius 3 is 2.46 bits per heavy atom. The number of morpholine rings is 1. The molecule has 0 N–H and O–H groups in total. The first-order valence-electron chi connectivity index (χ1n) is 7.10. The molecule has 0 unspecified atom stereocenters. The summed E-state index contributed by atoms with van der Waals surface area (Å²) in [5.74, 6) is 0.592. The number of rotatable bonds is 6. The number of hydrogen-bond acceptors (Lipinski definition) is 5. The van der Waals surface area contributed by atoms with E-state index in [2.05, 4.69) is 15.9 Å². The average molecular weight is 454 g/mol. The number of hydrogen-bond donors (Lipinski definition) is 0. The lowest BCUT2D eigenvalue weighted by atomic mass is 10.2. The van der Waals surface area contributed by atoms with E-state index in [0.29, 0.717) is 37.1 Å². The molecule has 130 valence electrons. The minimum atomic E-state index is -0.491. The van der Waals surface area contributed by atoms with Crippen molar-refractivity contribution >= 4 is 50.9 Å². The highest BCUT2D eigenvalue weighted by molar-refractivity contribution is 9.12. The van der Waals surface area contributed by atoms with Crippen LogP contribution in [0.4, 0.5) is 0 Å². The van der Waals surface area contributed by atoms with Gasteiger partial charge in [0.05, 0.1) is 18.1 Å². The van der Waals surface area contributed by atoms with Gasteiger partial charge in [-0.25, -0.2) is 0 Å². The second-order valence-corrected chi connectivity index (χ2v) is 7.83. The third kappa shape index (κ3) is 5.39. The zero-order valence-electron chi connectivity index (χ0n) is 12.6. The Morgan fingerprint density at radius 1 is 1.29 bits per heavy atom. The van der Waals surface area contributed by atoms with E-state index in [4.69, 9.17) is 27.9 Å². The van der Waals surface area contributed by atoms with Crippen molar-refractivity contribution in [2.45, 2.75) is 5.75 Å². The van der Waals surface area contributed by atoms with Gasteiger partial charge in [0.2, 0.25) is 0 Å². The molecule has 1 saturated heterocycles. The van der Waals surface area contributed by atoms with Crippen LogP contribution in [0.5, 0.6) is 0 Å². The van der Waals surface area contributed by atoms with Gasteiger partial charge >= 0.3 is 5.70 Å². The Labute approximate surface area is 162 Å². The molecule has 1 aromatic rings. The first-order valence-corrected chi connectivity index (χ1v) is 9.63. The molecule has 1 heterocycles. The van der Waals surface area contributed by atoms with Crippen molar-refractivity contribution in [2.75, 3.05) is 26.3 Å². The summed E-state index contributed by atoms with van der Waals surface area (Å²) < 4.78 is 5.35. The lowest BCUT2D eigenvalue weighted by Gasteiger charge is -2.30. The summed E-state index contributed by atoms with van der Waals surface area (Å²) in [6.45, 7) is 2.17. The monoisotopic (exact) mass is 452 g/mol. The van der Waals surface area contributed by atoms with Crippen molar-refractivity contribution in [1.29, 1.82) is 0 Å². The van der Waals surface area contributed by atoms with Crippen LogP contribution in [-0.2, 0) is 10.5 Å². The quantitative estimate of drug-likeness (QED) is 0.353. The van der Waals surface area contributed by atoms with Gasteiger partial charge in [0.25, 0.3) is 0 Å². The van der Waals surface area contributed by atoms with Crippen LogP contribution in [0, 0.1) is 10.1 Å². The van der Waals surface area contributed by atoms with Gasteiger partial charge < -0.3 is 9.64 Å². The van der Waals surface area contributed by atoms with Gasteiger partial charge in [-0.2, -0.15) is 0 Å². The summed E-state index contributed by atoms with van der Waals surface area (Å²) in [6.07, 6.45) is 0. The molecular weight excluding hydrogens is 439 g/mol. The van der Waals surface area contributed by atoms with Gasteiger partial charge in [-0.1, -0.05) is 65.3 Å². The zero-order chi connectivity index (χ0) is 17.5. The summed E-state index contributed by atoms with van der Waals surface area (Å²) in [4.78, 5) is 13.0. The molecule has 0 amide bonds. The maximum Gasteiger partial charge on any atom is 0.319 e. The Balaban J connectivity index is 2.37. The highest BCUT2D eigenvalue weighted by atomic mass is 79.9. The number of allylic oxidation sites excluding steroid dienone is 1. The van der Waals surface area contributed by atoms with E-state index in [0.717, 1.165) is 5.56 Å². The van der Waals surface area contributed by atoms with Crippen LogP contribution < -0.4 is 0 Å². The van der Waals surface area contributed by atoms with Gasteiger partial charge in [-0.3, -0.25) is 10.1 Å². The first kappa shape index (κ1) is 19.6. The van der Waals surface area contributed by atoms with Crippen molar-refractivity contribution in [3.05, 3.63) is 65.7 Å². The molecule has 1 aliphatic rings. The second kappa shape index (κ2) is 9.68. The summed E-state index contributed by atoms with van der Waals surface area (Å²) in [5.41, 5.74) is 0.877. The van der Waals surface area contributed by atoms with Crippen LogP contribution in [0.1, 0.15) is 5.56 Å². The van der Waals surface area contributed by atoms with E-state index >= 15 is 0 Å². The molecule has 24 heavy (non-hydrogen) atoms. The molecule has 9 heteroatoms. The number of benzene rings is 1. The fraction of sp³-hybridized carbons (Fsp3) is 0.333. The van der Waals surface area contributed by atoms with Gasteiger partial charge in [0.1, 0.15) is 8.97 Å². The summed E-state index contributed by atoms with van der Waals surface area (Å²) >= 11 is 16.3. The molecule has 0 aromatic heterocycles. The smallest absolute Gasteiger partial charge is 0.319 e. The van der Waals surface area contributed by atoms with Crippen LogP contribution in [0.15, 0.2) is 50.0 Å². The molecule has 1 fully saturated rings. The van der Waals surface area contributed by atoms with Crippen LogP contribution in [0.25, 0.3) is 0 Å². The van der Waals surface area contributed by atoms with Crippen molar-refractivity contribution in [3.63, 3.8) is 0 Å². The third-order valence-corrected chi connectivity index (χ3v) is 5.76. The van der Waals surface area contributed by atoms with E-state index in [9.17, 15) is 10.1 Å². The lowest BCUT2D eigenvalue weighted by Crippen LogP contribution is -2.36. The van der Waals surface area contributed by atoms with E-state index in [1.54, 1.807) is 0 Å². The lowest BCUT2D eigenvalue weighted by molar-refractivity contribution is -0.421. The SMILES string of the molecule is O=[N+]([O-])C(C(Cl)=C(Cl)Br)=C(SCc1ccccc1)N1CCOCC1. The molecule has 0 saturated carbocycles. The maximum absolute atomic E-state index is 11.6. The van der Waals surface area contributed by atoms with Gasteiger partial charge in [-0.05, 0) is 21.5 Å². The summed E-state index contributed by atoms with van der Waals surface area (Å²) in [5, 5.41) is 12.0.